The molecule has 0 fully saturated rings. The molecule has 0 spiro atoms. The minimum absolute atomic E-state index is 0.334. The van der Waals surface area contributed by atoms with E-state index >= 15 is 0 Å². The molecule has 4 heteroatoms. The van der Waals surface area contributed by atoms with E-state index in [0.717, 1.165) is 22.6 Å². The van der Waals surface area contributed by atoms with Crippen molar-refractivity contribution in [2.75, 3.05) is 0 Å². The summed E-state index contributed by atoms with van der Waals surface area (Å²) in [6, 6.07) is 0.334. The second-order valence-electron chi connectivity index (χ2n) is 3.78. The summed E-state index contributed by atoms with van der Waals surface area (Å²) in [4.78, 5) is 8.58. The van der Waals surface area contributed by atoms with Gasteiger partial charge in [-0.1, -0.05) is 0 Å². The summed E-state index contributed by atoms with van der Waals surface area (Å²) in [7, 11) is 0. The Morgan fingerprint density at radius 2 is 2.00 bits per heavy atom. The van der Waals surface area contributed by atoms with Gasteiger partial charge >= 0.3 is 0 Å². The van der Waals surface area contributed by atoms with E-state index in [9.17, 15) is 0 Å². The molecular formula is C10H14N4. The number of aryl methyl sites for hydroxylation is 2. The Morgan fingerprint density at radius 1 is 1.29 bits per heavy atom. The molecule has 0 atom stereocenters. The van der Waals surface area contributed by atoms with Crippen LogP contribution in [0.4, 0.5) is 0 Å². The van der Waals surface area contributed by atoms with Gasteiger partial charge in [0.25, 0.3) is 0 Å². The second-order valence-corrected chi connectivity index (χ2v) is 3.78. The zero-order valence-electron chi connectivity index (χ0n) is 8.94. The maximum Gasteiger partial charge on any atom is 0.161 e. The molecule has 74 valence electrons. The Morgan fingerprint density at radius 3 is 2.64 bits per heavy atom. The van der Waals surface area contributed by atoms with Crippen LogP contribution in [0.2, 0.25) is 0 Å². The molecule has 2 aromatic heterocycles. The Bertz CT molecular complexity index is 470. The standard InChI is InChI=1S/C10H14N4/c1-6(2)14-10-9(7(3)13-14)5-11-8(4)12-10/h5-6H,1-4H3. The topological polar surface area (TPSA) is 43.6 Å². The molecule has 2 rings (SSSR count). The summed E-state index contributed by atoms with van der Waals surface area (Å²) >= 11 is 0. The average Bonchev–Trinajstić information content (AvgIpc) is 2.43. The predicted octanol–water partition coefficient (Wildman–Crippen LogP) is 2.02. The highest BCUT2D eigenvalue weighted by molar-refractivity contribution is 5.77. The van der Waals surface area contributed by atoms with Gasteiger partial charge in [0.2, 0.25) is 0 Å². The average molecular weight is 190 g/mol. The van der Waals surface area contributed by atoms with E-state index in [1.54, 1.807) is 0 Å². The van der Waals surface area contributed by atoms with Gasteiger partial charge < -0.3 is 0 Å². The molecule has 2 aromatic rings. The Labute approximate surface area is 83.0 Å². The fourth-order valence-corrected chi connectivity index (χ4v) is 1.51. The minimum Gasteiger partial charge on any atom is -0.244 e. The van der Waals surface area contributed by atoms with Gasteiger partial charge in [0.15, 0.2) is 5.65 Å². The molecule has 0 amide bonds. The van der Waals surface area contributed by atoms with Gasteiger partial charge in [-0.25, -0.2) is 14.6 Å². The smallest absolute Gasteiger partial charge is 0.161 e. The van der Waals surface area contributed by atoms with Gasteiger partial charge in [-0.05, 0) is 27.7 Å². The molecule has 0 saturated heterocycles. The van der Waals surface area contributed by atoms with E-state index in [2.05, 4.69) is 28.9 Å². The highest BCUT2D eigenvalue weighted by atomic mass is 15.3. The first kappa shape index (κ1) is 9.12. The zero-order valence-corrected chi connectivity index (χ0v) is 8.94. The van der Waals surface area contributed by atoms with Crippen molar-refractivity contribution in [2.24, 2.45) is 0 Å². The molecule has 14 heavy (non-hydrogen) atoms. The van der Waals surface area contributed by atoms with Crippen LogP contribution >= 0.6 is 0 Å². The highest BCUT2D eigenvalue weighted by Crippen LogP contribution is 2.18. The maximum atomic E-state index is 4.44. The summed E-state index contributed by atoms with van der Waals surface area (Å²) in [5, 5.41) is 5.49. The molecule has 0 bridgehead atoms. The second kappa shape index (κ2) is 3.04. The number of fused-ring (bicyclic) bond motifs is 1. The third kappa shape index (κ3) is 1.27. The van der Waals surface area contributed by atoms with Crippen molar-refractivity contribution in [3.63, 3.8) is 0 Å². The van der Waals surface area contributed by atoms with Crippen LogP contribution in [0.15, 0.2) is 6.20 Å². The lowest BCUT2D eigenvalue weighted by Crippen LogP contribution is -2.04. The third-order valence-corrected chi connectivity index (χ3v) is 2.24. The first-order chi connectivity index (χ1) is 6.59. The molecule has 0 unspecified atom stereocenters. The monoisotopic (exact) mass is 190 g/mol. The molecule has 4 nitrogen and oxygen atoms in total. The fourth-order valence-electron chi connectivity index (χ4n) is 1.51. The van der Waals surface area contributed by atoms with Crippen molar-refractivity contribution in [3.05, 3.63) is 17.7 Å². The molecule has 0 aliphatic heterocycles. The molecule has 2 heterocycles. The van der Waals surface area contributed by atoms with E-state index < -0.39 is 0 Å². The summed E-state index contributed by atoms with van der Waals surface area (Å²) in [5.41, 5.74) is 1.93. The van der Waals surface area contributed by atoms with Gasteiger partial charge in [-0.15, -0.1) is 0 Å². The summed E-state index contributed by atoms with van der Waals surface area (Å²) < 4.78 is 1.94. The Hall–Kier alpha value is -1.45. The largest absolute Gasteiger partial charge is 0.244 e. The van der Waals surface area contributed by atoms with Gasteiger partial charge in [0.1, 0.15) is 5.82 Å². The predicted molar refractivity (Wildman–Crippen MR) is 55.2 cm³/mol. The molecule has 0 saturated carbocycles. The SMILES string of the molecule is Cc1ncc2c(C)nn(C(C)C)c2n1. The lowest BCUT2D eigenvalue weighted by molar-refractivity contribution is 0.542. The molecule has 0 aromatic carbocycles. The molecular weight excluding hydrogens is 176 g/mol. The normalized spacial score (nSPS) is 11.5. The van der Waals surface area contributed by atoms with Gasteiger partial charge in [0.05, 0.1) is 11.1 Å². The first-order valence-electron chi connectivity index (χ1n) is 4.78. The Kier molecular flexibility index (Phi) is 1.98. The van der Waals surface area contributed by atoms with Crippen LogP contribution < -0.4 is 0 Å². The fraction of sp³-hybridized carbons (Fsp3) is 0.500. The summed E-state index contributed by atoms with van der Waals surface area (Å²) in [6.45, 7) is 8.08. The number of rotatable bonds is 1. The van der Waals surface area contributed by atoms with Crippen molar-refractivity contribution >= 4 is 11.0 Å². The van der Waals surface area contributed by atoms with E-state index in [4.69, 9.17) is 0 Å². The number of hydrogen-bond donors (Lipinski definition) is 0. The van der Waals surface area contributed by atoms with E-state index in [-0.39, 0.29) is 0 Å². The van der Waals surface area contributed by atoms with Crippen LogP contribution in [-0.2, 0) is 0 Å². The van der Waals surface area contributed by atoms with Crippen LogP contribution in [0, 0.1) is 13.8 Å². The number of aromatic nitrogens is 4. The number of nitrogens with zero attached hydrogens (tertiary/aromatic N) is 4. The van der Waals surface area contributed by atoms with Crippen LogP contribution in [0.5, 0.6) is 0 Å². The highest BCUT2D eigenvalue weighted by Gasteiger charge is 2.11. The minimum atomic E-state index is 0.334. The van der Waals surface area contributed by atoms with Gasteiger partial charge in [-0.2, -0.15) is 5.10 Å². The molecule has 0 radical (unpaired) electrons. The zero-order chi connectivity index (χ0) is 10.3. The van der Waals surface area contributed by atoms with Gasteiger partial charge in [0, 0.05) is 12.2 Å². The third-order valence-electron chi connectivity index (χ3n) is 2.24. The number of hydrogen-bond acceptors (Lipinski definition) is 3. The molecule has 0 aliphatic rings. The van der Waals surface area contributed by atoms with Crippen molar-refractivity contribution in [3.8, 4) is 0 Å². The quantitative estimate of drug-likeness (QED) is 0.691. The van der Waals surface area contributed by atoms with Crippen LogP contribution in [0.1, 0.15) is 31.4 Å². The molecule has 0 N–H and O–H groups in total. The van der Waals surface area contributed by atoms with Crippen molar-refractivity contribution in [2.45, 2.75) is 33.7 Å². The summed E-state index contributed by atoms with van der Waals surface area (Å²) in [6.07, 6.45) is 1.85. The molecule has 0 aliphatic carbocycles. The van der Waals surface area contributed by atoms with Crippen LogP contribution in [0.3, 0.4) is 0 Å². The lowest BCUT2D eigenvalue weighted by atomic mass is 10.3. The van der Waals surface area contributed by atoms with E-state index in [1.807, 2.05) is 24.7 Å². The van der Waals surface area contributed by atoms with E-state index in [0.29, 0.717) is 6.04 Å². The first-order valence-corrected chi connectivity index (χ1v) is 4.78. The van der Waals surface area contributed by atoms with Gasteiger partial charge in [-0.3, -0.25) is 0 Å². The summed E-state index contributed by atoms with van der Waals surface area (Å²) in [5.74, 6) is 0.791. The lowest BCUT2D eigenvalue weighted by Gasteiger charge is -2.05. The van der Waals surface area contributed by atoms with Crippen molar-refractivity contribution in [1.29, 1.82) is 0 Å². The van der Waals surface area contributed by atoms with E-state index in [1.165, 1.54) is 0 Å². The van der Waals surface area contributed by atoms with Crippen LogP contribution in [0.25, 0.3) is 11.0 Å². The Balaban J connectivity index is 2.79. The van der Waals surface area contributed by atoms with Crippen molar-refractivity contribution in [1.82, 2.24) is 19.7 Å². The van der Waals surface area contributed by atoms with Crippen LogP contribution in [-0.4, -0.2) is 19.7 Å². The maximum absolute atomic E-state index is 4.44. The van der Waals surface area contributed by atoms with Crippen molar-refractivity contribution < 1.29 is 0 Å².